The lowest BCUT2D eigenvalue weighted by molar-refractivity contribution is -0.140. The van der Waals surface area contributed by atoms with Gasteiger partial charge in [-0.15, -0.1) is 5.10 Å². The molecule has 37 heavy (non-hydrogen) atoms. The van der Waals surface area contributed by atoms with Crippen LogP contribution in [-0.4, -0.2) is 31.9 Å². The number of hydrogen-bond acceptors (Lipinski definition) is 5. The number of pyridine rings is 1. The van der Waals surface area contributed by atoms with E-state index in [1.54, 1.807) is 31.2 Å². The highest BCUT2D eigenvalue weighted by Crippen LogP contribution is 2.51. The van der Waals surface area contributed by atoms with Crippen molar-refractivity contribution in [3.63, 3.8) is 0 Å². The molecule has 188 valence electrons. The van der Waals surface area contributed by atoms with E-state index in [-0.39, 0.29) is 17.1 Å². The highest BCUT2D eigenvalue weighted by atomic mass is 19.1. The molecule has 2 heterocycles. The molecule has 0 spiro atoms. The van der Waals surface area contributed by atoms with Crippen molar-refractivity contribution in [1.29, 1.82) is 0 Å². The number of rotatable bonds is 7. The number of halogens is 2. The summed E-state index contributed by atoms with van der Waals surface area (Å²) in [4.78, 5) is 28.4. The van der Waals surface area contributed by atoms with Gasteiger partial charge in [0.15, 0.2) is 11.6 Å². The van der Waals surface area contributed by atoms with Gasteiger partial charge >= 0.3 is 12.1 Å². The van der Waals surface area contributed by atoms with Gasteiger partial charge in [0.25, 0.3) is 0 Å². The molecule has 1 amide bonds. The molecule has 0 bridgehead atoms. The van der Waals surface area contributed by atoms with Gasteiger partial charge in [-0.2, -0.15) is 0 Å². The SMILES string of the molecule is CC(OC(=O)Nc1nn(-c2ccc(-c3c(F)cccc3C3(C(=O)O)CC3)nc2)cc1F)c1ccccc1. The lowest BCUT2D eigenvalue weighted by Gasteiger charge is -2.16. The first-order chi connectivity index (χ1) is 17.8. The standard InChI is InChI=1S/C27H22F2N4O4/c1-16(17-6-3-2-4-7-17)37-26(36)31-24-21(29)15-33(32-24)18-10-11-22(30-14-18)23-19(8-5-9-20(23)28)27(12-13-27)25(34)35/h2-11,14-16H,12-13H2,1H3,(H,34,35)(H,31,32,36). The van der Waals surface area contributed by atoms with Crippen LogP contribution in [0.4, 0.5) is 19.4 Å². The first kappa shape index (κ1) is 24.1. The van der Waals surface area contributed by atoms with Crippen LogP contribution in [-0.2, 0) is 14.9 Å². The molecule has 2 aromatic heterocycles. The fraction of sp³-hybridized carbons (Fsp3) is 0.185. The average molecular weight is 504 g/mol. The molecule has 1 aliphatic carbocycles. The van der Waals surface area contributed by atoms with E-state index < -0.39 is 35.2 Å². The smallest absolute Gasteiger partial charge is 0.413 e. The number of carboxylic acid groups (broad SMARTS) is 1. The van der Waals surface area contributed by atoms with Crippen LogP contribution in [0, 0.1) is 11.6 Å². The van der Waals surface area contributed by atoms with Crippen molar-refractivity contribution in [2.75, 3.05) is 5.32 Å². The zero-order valence-electron chi connectivity index (χ0n) is 19.7. The topological polar surface area (TPSA) is 106 Å². The Hall–Kier alpha value is -4.60. The summed E-state index contributed by atoms with van der Waals surface area (Å²) in [5.74, 6) is -2.70. The van der Waals surface area contributed by atoms with E-state index in [1.807, 2.05) is 18.2 Å². The highest BCUT2D eigenvalue weighted by molar-refractivity contribution is 5.88. The number of nitrogens with zero attached hydrogens (tertiary/aromatic N) is 3. The maximum absolute atomic E-state index is 14.8. The number of aliphatic carboxylic acids is 1. The quantitative estimate of drug-likeness (QED) is 0.338. The van der Waals surface area contributed by atoms with Crippen molar-refractivity contribution >= 4 is 17.9 Å². The molecule has 2 N–H and O–H groups in total. The summed E-state index contributed by atoms with van der Waals surface area (Å²) in [5, 5.41) is 16.0. The molecule has 4 aromatic rings. The summed E-state index contributed by atoms with van der Waals surface area (Å²) in [7, 11) is 0. The van der Waals surface area contributed by atoms with E-state index in [0.717, 1.165) is 11.8 Å². The third kappa shape index (κ3) is 4.65. The lowest BCUT2D eigenvalue weighted by atomic mass is 9.89. The monoisotopic (exact) mass is 504 g/mol. The van der Waals surface area contributed by atoms with Crippen molar-refractivity contribution in [3.05, 3.63) is 95.8 Å². The Balaban J connectivity index is 1.34. The Morgan fingerprint density at radius 2 is 1.81 bits per heavy atom. The van der Waals surface area contributed by atoms with Crippen LogP contribution < -0.4 is 5.32 Å². The molecule has 0 aliphatic heterocycles. The van der Waals surface area contributed by atoms with Crippen LogP contribution in [0.2, 0.25) is 0 Å². The number of anilines is 1. The van der Waals surface area contributed by atoms with Crippen molar-refractivity contribution in [2.45, 2.75) is 31.3 Å². The molecule has 0 saturated heterocycles. The average Bonchev–Trinajstić information content (AvgIpc) is 3.63. The van der Waals surface area contributed by atoms with Crippen molar-refractivity contribution in [1.82, 2.24) is 14.8 Å². The van der Waals surface area contributed by atoms with Crippen LogP contribution in [0.3, 0.4) is 0 Å². The molecule has 1 unspecified atom stereocenters. The van der Waals surface area contributed by atoms with E-state index in [9.17, 15) is 23.5 Å². The number of hydrogen-bond donors (Lipinski definition) is 2. The van der Waals surface area contributed by atoms with E-state index in [1.165, 1.54) is 29.1 Å². The Labute approximate surface area is 210 Å². The van der Waals surface area contributed by atoms with Crippen LogP contribution in [0.25, 0.3) is 16.9 Å². The molecular weight excluding hydrogens is 482 g/mol. The van der Waals surface area contributed by atoms with Crippen LogP contribution in [0.5, 0.6) is 0 Å². The summed E-state index contributed by atoms with van der Waals surface area (Å²) in [6.07, 6.45) is 1.84. The maximum atomic E-state index is 14.8. The molecule has 8 nitrogen and oxygen atoms in total. The number of aromatic nitrogens is 3. The Morgan fingerprint density at radius 3 is 2.46 bits per heavy atom. The fourth-order valence-corrected chi connectivity index (χ4v) is 4.22. The van der Waals surface area contributed by atoms with Crippen molar-refractivity contribution in [3.8, 4) is 16.9 Å². The molecule has 1 aliphatic rings. The van der Waals surface area contributed by atoms with Crippen molar-refractivity contribution in [2.24, 2.45) is 0 Å². The number of amides is 1. The molecule has 10 heteroatoms. The first-order valence-electron chi connectivity index (χ1n) is 11.6. The second kappa shape index (κ2) is 9.45. The number of benzene rings is 2. The minimum absolute atomic E-state index is 0.123. The van der Waals surface area contributed by atoms with E-state index in [4.69, 9.17) is 4.74 Å². The minimum atomic E-state index is -1.11. The van der Waals surface area contributed by atoms with Crippen LogP contribution in [0.1, 0.15) is 37.0 Å². The number of carbonyl (C=O) groups is 2. The number of nitrogens with one attached hydrogen (secondary N) is 1. The fourth-order valence-electron chi connectivity index (χ4n) is 4.22. The summed E-state index contributed by atoms with van der Waals surface area (Å²) >= 11 is 0. The zero-order chi connectivity index (χ0) is 26.2. The largest absolute Gasteiger partial charge is 0.481 e. The van der Waals surface area contributed by atoms with Crippen molar-refractivity contribution < 1.29 is 28.2 Å². The second-order valence-corrected chi connectivity index (χ2v) is 8.80. The Kier molecular flexibility index (Phi) is 6.16. The van der Waals surface area contributed by atoms with Crippen LogP contribution in [0.15, 0.2) is 73.1 Å². The summed E-state index contributed by atoms with van der Waals surface area (Å²) in [6.45, 7) is 1.69. The van der Waals surface area contributed by atoms with Gasteiger partial charge in [-0.25, -0.2) is 18.3 Å². The predicted octanol–water partition coefficient (Wildman–Crippen LogP) is 5.64. The second-order valence-electron chi connectivity index (χ2n) is 8.80. The van der Waals surface area contributed by atoms with Gasteiger partial charge in [0.2, 0.25) is 0 Å². The Bertz CT molecular complexity index is 1470. The van der Waals surface area contributed by atoms with Gasteiger partial charge in [-0.05, 0) is 49.1 Å². The minimum Gasteiger partial charge on any atom is -0.481 e. The van der Waals surface area contributed by atoms with E-state index in [2.05, 4.69) is 15.4 Å². The van der Waals surface area contributed by atoms with Gasteiger partial charge in [-0.1, -0.05) is 42.5 Å². The van der Waals surface area contributed by atoms with Gasteiger partial charge in [-0.3, -0.25) is 15.1 Å². The third-order valence-electron chi connectivity index (χ3n) is 6.40. The highest BCUT2D eigenvalue weighted by Gasteiger charge is 2.53. The van der Waals surface area contributed by atoms with E-state index >= 15 is 0 Å². The molecule has 2 aromatic carbocycles. The lowest BCUT2D eigenvalue weighted by Crippen LogP contribution is -2.21. The normalized spacial score (nSPS) is 14.6. The molecule has 1 fully saturated rings. The first-order valence-corrected chi connectivity index (χ1v) is 11.6. The van der Waals surface area contributed by atoms with Gasteiger partial charge in [0, 0.05) is 5.56 Å². The summed E-state index contributed by atoms with van der Waals surface area (Å²) in [6, 6.07) is 16.5. The van der Waals surface area contributed by atoms with Gasteiger partial charge in [0.05, 0.1) is 29.2 Å². The van der Waals surface area contributed by atoms with Gasteiger partial charge in [0.1, 0.15) is 11.9 Å². The maximum Gasteiger partial charge on any atom is 0.413 e. The molecular formula is C27H22F2N4O4. The van der Waals surface area contributed by atoms with Gasteiger partial charge < -0.3 is 9.84 Å². The third-order valence-corrected chi connectivity index (χ3v) is 6.40. The number of carboxylic acids is 1. The van der Waals surface area contributed by atoms with E-state index in [0.29, 0.717) is 24.1 Å². The molecule has 5 rings (SSSR count). The van der Waals surface area contributed by atoms with Crippen LogP contribution >= 0.6 is 0 Å². The summed E-state index contributed by atoms with van der Waals surface area (Å²) in [5.41, 5.74) is 0.755. The molecule has 1 atom stereocenters. The number of ether oxygens (including phenoxy) is 1. The number of carbonyl (C=O) groups excluding carboxylic acids is 1. The molecule has 1 saturated carbocycles. The molecule has 0 radical (unpaired) electrons. The Morgan fingerprint density at radius 1 is 1.05 bits per heavy atom. The summed E-state index contributed by atoms with van der Waals surface area (Å²) < 4.78 is 35.8. The predicted molar refractivity (Wildman–Crippen MR) is 130 cm³/mol. The zero-order valence-corrected chi connectivity index (χ0v) is 19.7.